The number of ether oxygens (including phenoxy) is 1. The lowest BCUT2D eigenvalue weighted by Gasteiger charge is -2.20. The quantitative estimate of drug-likeness (QED) is 0.458. The smallest absolute Gasteiger partial charge is 0.317 e. The van der Waals surface area contributed by atoms with Crippen LogP contribution in [0.5, 0.6) is 0 Å². The van der Waals surface area contributed by atoms with E-state index in [1.807, 2.05) is 0 Å². The number of hydrogen-bond acceptors (Lipinski definition) is 4. The number of methoxy groups -OCH3 is 1. The van der Waals surface area contributed by atoms with Crippen molar-refractivity contribution in [3.63, 3.8) is 0 Å². The van der Waals surface area contributed by atoms with E-state index in [0.29, 0.717) is 5.69 Å². The zero-order valence-corrected chi connectivity index (χ0v) is 10.1. The van der Waals surface area contributed by atoms with E-state index in [1.165, 1.54) is 13.2 Å². The van der Waals surface area contributed by atoms with Gasteiger partial charge in [-0.05, 0) is 31.5 Å². The molecule has 0 spiro atoms. The van der Waals surface area contributed by atoms with Gasteiger partial charge in [0.15, 0.2) is 0 Å². The summed E-state index contributed by atoms with van der Waals surface area (Å²) in [6.45, 7) is 3.35. The molecule has 6 heteroatoms. The first-order chi connectivity index (χ1) is 6.87. The fourth-order valence-electron chi connectivity index (χ4n) is 1.07. The molecule has 0 radical (unpaired) electrons. The third-order valence-corrected chi connectivity index (χ3v) is 2.37. The van der Waals surface area contributed by atoms with E-state index in [0.717, 1.165) is 0 Å². The molecule has 0 aliphatic carbocycles. The Labute approximate surface area is 97.6 Å². The lowest BCUT2D eigenvalue weighted by Crippen LogP contribution is -2.31. The van der Waals surface area contributed by atoms with Crippen LogP contribution in [-0.2, 0) is 14.9 Å². The number of carbonyl (C=O) groups is 1. The van der Waals surface area contributed by atoms with Gasteiger partial charge in [-0.3, -0.25) is 4.79 Å². The highest BCUT2D eigenvalue weighted by molar-refractivity contribution is 6.31. The molecule has 4 nitrogen and oxygen atoms in total. The number of hydrogen-bond donors (Lipinski definition) is 0. The molecule has 1 aromatic heterocycles. The van der Waals surface area contributed by atoms with Crippen LogP contribution in [-0.4, -0.2) is 23.0 Å². The molecule has 1 heterocycles. The van der Waals surface area contributed by atoms with Gasteiger partial charge in [-0.25, -0.2) is 9.97 Å². The van der Waals surface area contributed by atoms with E-state index in [9.17, 15) is 4.79 Å². The van der Waals surface area contributed by atoms with Crippen LogP contribution in [0, 0.1) is 0 Å². The fraction of sp³-hybridized carbons (Fsp3) is 0.444. The number of carbonyl (C=O) groups excluding carboxylic acids is 1. The van der Waals surface area contributed by atoms with Crippen molar-refractivity contribution in [2.45, 2.75) is 19.3 Å². The molecule has 1 aromatic rings. The van der Waals surface area contributed by atoms with Crippen LogP contribution in [0.2, 0.25) is 10.4 Å². The van der Waals surface area contributed by atoms with Crippen molar-refractivity contribution in [1.29, 1.82) is 0 Å². The van der Waals surface area contributed by atoms with E-state index >= 15 is 0 Å². The van der Waals surface area contributed by atoms with Crippen LogP contribution >= 0.6 is 23.2 Å². The molecule has 0 amide bonds. The molecule has 0 aliphatic rings. The summed E-state index contributed by atoms with van der Waals surface area (Å²) >= 11 is 11.4. The molecule has 1 rings (SSSR count). The van der Waals surface area contributed by atoms with Crippen molar-refractivity contribution >= 4 is 29.2 Å². The summed E-state index contributed by atoms with van der Waals surface area (Å²) in [5, 5.41) is 0.205. The zero-order valence-electron chi connectivity index (χ0n) is 8.54. The maximum Gasteiger partial charge on any atom is 0.317 e. The topological polar surface area (TPSA) is 52.1 Å². The number of esters is 1. The van der Waals surface area contributed by atoms with Gasteiger partial charge in [-0.2, -0.15) is 0 Å². The first-order valence-electron chi connectivity index (χ1n) is 4.17. The Bertz CT molecular complexity index is 373. The Hall–Kier alpha value is -0.870. The van der Waals surface area contributed by atoms with Gasteiger partial charge in [0.2, 0.25) is 5.28 Å². The van der Waals surface area contributed by atoms with Crippen LogP contribution in [0.25, 0.3) is 0 Å². The van der Waals surface area contributed by atoms with E-state index < -0.39 is 11.4 Å². The van der Waals surface area contributed by atoms with Crippen molar-refractivity contribution in [2.75, 3.05) is 7.11 Å². The minimum absolute atomic E-state index is 0.00878. The van der Waals surface area contributed by atoms with E-state index in [2.05, 4.69) is 14.7 Å². The van der Waals surface area contributed by atoms with Gasteiger partial charge >= 0.3 is 5.97 Å². The molecule has 82 valence electrons. The highest BCUT2D eigenvalue weighted by atomic mass is 35.5. The Balaban J connectivity index is 3.20. The van der Waals surface area contributed by atoms with E-state index in [1.54, 1.807) is 13.8 Å². The molecule has 0 unspecified atom stereocenters. The lowest BCUT2D eigenvalue weighted by molar-refractivity contribution is -0.146. The van der Waals surface area contributed by atoms with Gasteiger partial charge in [-0.1, -0.05) is 11.6 Å². The normalized spacial score (nSPS) is 11.3. The minimum atomic E-state index is -0.898. The molecule has 0 aliphatic heterocycles. The van der Waals surface area contributed by atoms with Crippen LogP contribution in [0.3, 0.4) is 0 Å². The minimum Gasteiger partial charge on any atom is -0.468 e. The first-order valence-corrected chi connectivity index (χ1v) is 4.92. The summed E-state index contributed by atoms with van der Waals surface area (Å²) in [5.74, 6) is -0.409. The largest absolute Gasteiger partial charge is 0.468 e. The Morgan fingerprint density at radius 3 is 2.47 bits per heavy atom. The molecule has 0 atom stereocenters. The van der Waals surface area contributed by atoms with Gasteiger partial charge in [-0.15, -0.1) is 0 Å². The second-order valence-corrected chi connectivity index (χ2v) is 4.19. The van der Waals surface area contributed by atoms with Gasteiger partial charge < -0.3 is 4.74 Å². The standard InChI is InChI=1S/C9H10Cl2N2O2/c1-9(2,7(14)15-3)5-4-6(10)13-8(11)12-5/h4H,1-3H3. The molecular weight excluding hydrogens is 239 g/mol. The number of nitrogens with zero attached hydrogens (tertiary/aromatic N) is 2. The van der Waals surface area contributed by atoms with Crippen molar-refractivity contribution < 1.29 is 9.53 Å². The molecule has 0 aromatic carbocycles. The van der Waals surface area contributed by atoms with Gasteiger partial charge in [0.25, 0.3) is 0 Å². The predicted octanol–water partition coefficient (Wildman–Crippen LogP) is 2.23. The molecule has 0 saturated heterocycles. The fourth-order valence-corrected chi connectivity index (χ4v) is 1.48. The summed E-state index contributed by atoms with van der Waals surface area (Å²) in [6.07, 6.45) is 0. The van der Waals surface area contributed by atoms with Gasteiger partial charge in [0.05, 0.1) is 12.8 Å². The average molecular weight is 249 g/mol. The van der Waals surface area contributed by atoms with Crippen molar-refractivity contribution in [3.8, 4) is 0 Å². The molecule has 0 saturated carbocycles. The second-order valence-electron chi connectivity index (χ2n) is 3.46. The van der Waals surface area contributed by atoms with Crippen LogP contribution in [0.4, 0.5) is 0 Å². The maximum atomic E-state index is 11.5. The molecule has 0 bridgehead atoms. The first kappa shape index (κ1) is 12.2. The molecule has 0 fully saturated rings. The third-order valence-electron chi connectivity index (χ3n) is 2.00. The van der Waals surface area contributed by atoms with Crippen LogP contribution in [0.1, 0.15) is 19.5 Å². The van der Waals surface area contributed by atoms with Crippen LogP contribution < -0.4 is 0 Å². The van der Waals surface area contributed by atoms with E-state index in [4.69, 9.17) is 23.2 Å². The Morgan fingerprint density at radius 2 is 2.00 bits per heavy atom. The SMILES string of the molecule is COC(=O)C(C)(C)c1cc(Cl)nc(Cl)n1. The number of halogens is 2. The third kappa shape index (κ3) is 2.58. The molecular formula is C9H10Cl2N2O2. The molecule has 0 N–H and O–H groups in total. The zero-order chi connectivity index (χ0) is 11.6. The van der Waals surface area contributed by atoms with Crippen molar-refractivity contribution in [1.82, 2.24) is 9.97 Å². The summed E-state index contributed by atoms with van der Waals surface area (Å²) in [6, 6.07) is 1.49. The number of aromatic nitrogens is 2. The Kier molecular flexibility index (Phi) is 3.52. The highest BCUT2D eigenvalue weighted by Gasteiger charge is 2.33. The lowest BCUT2D eigenvalue weighted by atomic mass is 9.89. The van der Waals surface area contributed by atoms with E-state index in [-0.39, 0.29) is 10.4 Å². The maximum absolute atomic E-state index is 11.5. The molecule has 15 heavy (non-hydrogen) atoms. The van der Waals surface area contributed by atoms with Crippen LogP contribution in [0.15, 0.2) is 6.07 Å². The van der Waals surface area contributed by atoms with Crippen molar-refractivity contribution in [2.24, 2.45) is 0 Å². The second kappa shape index (κ2) is 4.33. The summed E-state index contributed by atoms with van der Waals surface area (Å²) in [5.41, 5.74) is -0.468. The summed E-state index contributed by atoms with van der Waals surface area (Å²) < 4.78 is 4.66. The average Bonchev–Trinajstić information content (AvgIpc) is 2.15. The van der Waals surface area contributed by atoms with Gasteiger partial charge in [0.1, 0.15) is 10.6 Å². The monoisotopic (exact) mass is 248 g/mol. The number of rotatable bonds is 2. The van der Waals surface area contributed by atoms with Crippen molar-refractivity contribution in [3.05, 3.63) is 22.2 Å². The predicted molar refractivity (Wildman–Crippen MR) is 57.1 cm³/mol. The Morgan fingerprint density at radius 1 is 1.40 bits per heavy atom. The summed E-state index contributed by atoms with van der Waals surface area (Å²) in [4.78, 5) is 19.1. The summed E-state index contributed by atoms with van der Waals surface area (Å²) in [7, 11) is 1.31. The highest BCUT2D eigenvalue weighted by Crippen LogP contribution is 2.25. The van der Waals surface area contributed by atoms with Gasteiger partial charge in [0, 0.05) is 0 Å².